The van der Waals surface area contributed by atoms with Gasteiger partial charge in [-0.3, -0.25) is 19.4 Å². The summed E-state index contributed by atoms with van der Waals surface area (Å²) in [7, 11) is 1.69. The van der Waals surface area contributed by atoms with E-state index >= 15 is 0 Å². The van der Waals surface area contributed by atoms with Crippen LogP contribution in [-0.2, 0) is 7.05 Å². The lowest BCUT2D eigenvalue weighted by atomic mass is 10.1. The van der Waals surface area contributed by atoms with Crippen molar-refractivity contribution in [2.24, 2.45) is 7.05 Å². The first-order chi connectivity index (χ1) is 10.9. The number of amides is 1. The summed E-state index contributed by atoms with van der Waals surface area (Å²) in [6, 6.07) is 4.98. The smallest absolute Gasteiger partial charge is 0.274 e. The SMILES string of the molecule is Cc1cc(C(=O)NC(C)c2ccc(C)o2)c2c(=O)[nH]n(C)c2n1. The van der Waals surface area contributed by atoms with Gasteiger partial charge in [-0.05, 0) is 39.0 Å². The number of furan rings is 1. The third-order valence-corrected chi connectivity index (χ3v) is 3.72. The molecule has 7 heteroatoms. The van der Waals surface area contributed by atoms with Crippen LogP contribution < -0.4 is 10.9 Å². The Morgan fingerprint density at radius 3 is 2.78 bits per heavy atom. The van der Waals surface area contributed by atoms with Crippen molar-refractivity contribution >= 4 is 16.9 Å². The minimum atomic E-state index is -0.334. The van der Waals surface area contributed by atoms with Crippen LogP contribution in [0, 0.1) is 13.8 Å². The Morgan fingerprint density at radius 1 is 1.39 bits per heavy atom. The van der Waals surface area contributed by atoms with E-state index in [1.807, 2.05) is 26.0 Å². The molecule has 3 aromatic heterocycles. The van der Waals surface area contributed by atoms with E-state index in [1.165, 1.54) is 4.68 Å². The van der Waals surface area contributed by atoms with Crippen LogP contribution in [0.5, 0.6) is 0 Å². The van der Waals surface area contributed by atoms with Gasteiger partial charge in [0.15, 0.2) is 5.65 Å². The number of carbonyl (C=O) groups is 1. The Kier molecular flexibility index (Phi) is 3.55. The number of nitrogens with one attached hydrogen (secondary N) is 2. The standard InChI is InChI=1S/C16H18N4O3/c1-8-7-11(13-14(17-8)20(4)19-16(13)22)15(21)18-10(3)12-6-5-9(2)23-12/h5-7,10H,1-4H3,(H,18,21)(H,19,22). The maximum atomic E-state index is 12.6. The zero-order chi connectivity index (χ0) is 16.7. The summed E-state index contributed by atoms with van der Waals surface area (Å²) in [6.45, 7) is 5.46. The van der Waals surface area contributed by atoms with Gasteiger partial charge >= 0.3 is 0 Å². The molecule has 0 bridgehead atoms. The van der Waals surface area contributed by atoms with Crippen LogP contribution in [0.2, 0.25) is 0 Å². The number of aryl methyl sites for hydroxylation is 3. The molecular weight excluding hydrogens is 296 g/mol. The molecule has 3 heterocycles. The third kappa shape index (κ3) is 2.65. The molecule has 0 saturated carbocycles. The van der Waals surface area contributed by atoms with Crippen LogP contribution >= 0.6 is 0 Å². The van der Waals surface area contributed by atoms with Gasteiger partial charge in [-0.25, -0.2) is 4.98 Å². The lowest BCUT2D eigenvalue weighted by Gasteiger charge is -2.12. The quantitative estimate of drug-likeness (QED) is 0.773. The molecule has 1 unspecified atom stereocenters. The highest BCUT2D eigenvalue weighted by Gasteiger charge is 2.20. The summed E-state index contributed by atoms with van der Waals surface area (Å²) in [5.74, 6) is 1.11. The molecule has 1 atom stereocenters. The first kappa shape index (κ1) is 15.1. The van der Waals surface area contributed by atoms with Gasteiger partial charge in [-0.1, -0.05) is 0 Å². The molecule has 2 N–H and O–H groups in total. The molecule has 23 heavy (non-hydrogen) atoms. The van der Waals surface area contributed by atoms with Crippen molar-refractivity contribution in [3.8, 4) is 0 Å². The van der Waals surface area contributed by atoms with Crippen LogP contribution in [0.1, 0.15) is 40.5 Å². The van der Waals surface area contributed by atoms with E-state index in [9.17, 15) is 9.59 Å². The Bertz CT molecular complexity index is 948. The van der Waals surface area contributed by atoms with Gasteiger partial charge < -0.3 is 9.73 Å². The van der Waals surface area contributed by atoms with Gasteiger partial charge in [-0.2, -0.15) is 0 Å². The molecule has 0 spiro atoms. The Hall–Kier alpha value is -2.83. The number of aromatic amines is 1. The first-order valence-electron chi connectivity index (χ1n) is 7.30. The molecule has 0 saturated heterocycles. The largest absolute Gasteiger partial charge is 0.464 e. The minimum absolute atomic E-state index is 0.290. The summed E-state index contributed by atoms with van der Waals surface area (Å²) >= 11 is 0. The van der Waals surface area contributed by atoms with Crippen molar-refractivity contribution < 1.29 is 9.21 Å². The minimum Gasteiger partial charge on any atom is -0.464 e. The Morgan fingerprint density at radius 2 is 2.13 bits per heavy atom. The number of hydrogen-bond acceptors (Lipinski definition) is 4. The fraction of sp³-hybridized carbons (Fsp3) is 0.312. The number of H-pyrrole nitrogens is 1. The van der Waals surface area contributed by atoms with Crippen LogP contribution in [0.3, 0.4) is 0 Å². The number of carbonyl (C=O) groups excluding carboxylic acids is 1. The second-order valence-corrected chi connectivity index (χ2v) is 5.65. The highest BCUT2D eigenvalue weighted by atomic mass is 16.3. The summed E-state index contributed by atoms with van der Waals surface area (Å²) in [4.78, 5) is 29.0. The molecule has 120 valence electrons. The zero-order valence-corrected chi connectivity index (χ0v) is 13.4. The van der Waals surface area contributed by atoms with Crippen molar-refractivity contribution in [2.45, 2.75) is 26.8 Å². The lowest BCUT2D eigenvalue weighted by molar-refractivity contribution is 0.0936. The molecule has 0 radical (unpaired) electrons. The van der Waals surface area contributed by atoms with Gasteiger partial charge in [0.1, 0.15) is 11.5 Å². The van der Waals surface area contributed by atoms with Crippen LogP contribution in [0.25, 0.3) is 11.0 Å². The molecular formula is C16H18N4O3. The maximum absolute atomic E-state index is 12.6. The maximum Gasteiger partial charge on any atom is 0.274 e. The van der Waals surface area contributed by atoms with E-state index < -0.39 is 0 Å². The highest BCUT2D eigenvalue weighted by molar-refractivity contribution is 6.05. The zero-order valence-electron chi connectivity index (χ0n) is 13.4. The highest BCUT2D eigenvalue weighted by Crippen LogP contribution is 2.18. The van der Waals surface area contributed by atoms with Crippen LogP contribution in [0.4, 0.5) is 0 Å². The van der Waals surface area contributed by atoms with Gasteiger partial charge in [-0.15, -0.1) is 0 Å². The van der Waals surface area contributed by atoms with Gasteiger partial charge in [0.25, 0.3) is 11.5 Å². The van der Waals surface area contributed by atoms with Crippen molar-refractivity contribution in [3.05, 3.63) is 51.3 Å². The van der Waals surface area contributed by atoms with E-state index in [0.29, 0.717) is 28.1 Å². The topological polar surface area (TPSA) is 92.9 Å². The van der Waals surface area contributed by atoms with Crippen molar-refractivity contribution in [2.75, 3.05) is 0 Å². The second-order valence-electron chi connectivity index (χ2n) is 5.65. The Labute approximate surface area is 132 Å². The summed E-state index contributed by atoms with van der Waals surface area (Å²) in [5.41, 5.74) is 1.10. The summed E-state index contributed by atoms with van der Waals surface area (Å²) < 4.78 is 7.04. The van der Waals surface area contributed by atoms with E-state index in [-0.39, 0.29) is 17.5 Å². The number of aromatic nitrogens is 3. The molecule has 7 nitrogen and oxygen atoms in total. The van der Waals surface area contributed by atoms with E-state index in [2.05, 4.69) is 15.4 Å². The predicted octanol–water partition coefficient (Wildman–Crippen LogP) is 1.96. The molecule has 3 rings (SSSR count). The molecule has 0 aliphatic heterocycles. The van der Waals surface area contributed by atoms with Crippen molar-refractivity contribution in [1.29, 1.82) is 0 Å². The van der Waals surface area contributed by atoms with Crippen molar-refractivity contribution in [3.63, 3.8) is 0 Å². The molecule has 0 fully saturated rings. The van der Waals surface area contributed by atoms with Crippen LogP contribution in [0.15, 0.2) is 27.4 Å². The molecule has 3 aromatic rings. The fourth-order valence-corrected chi connectivity index (χ4v) is 2.60. The second kappa shape index (κ2) is 5.42. The van der Waals surface area contributed by atoms with E-state index in [1.54, 1.807) is 20.0 Å². The lowest BCUT2D eigenvalue weighted by Crippen LogP contribution is -2.27. The van der Waals surface area contributed by atoms with Gasteiger partial charge in [0.05, 0.1) is 17.0 Å². The van der Waals surface area contributed by atoms with Gasteiger partial charge in [0, 0.05) is 12.7 Å². The summed E-state index contributed by atoms with van der Waals surface area (Å²) in [5, 5.41) is 5.78. The van der Waals surface area contributed by atoms with Gasteiger partial charge in [0.2, 0.25) is 0 Å². The molecule has 1 amide bonds. The van der Waals surface area contributed by atoms with E-state index in [0.717, 1.165) is 5.76 Å². The van der Waals surface area contributed by atoms with E-state index in [4.69, 9.17) is 4.42 Å². The predicted molar refractivity (Wildman–Crippen MR) is 85.4 cm³/mol. The number of rotatable bonds is 3. The Balaban J connectivity index is 1.99. The average molecular weight is 314 g/mol. The van der Waals surface area contributed by atoms with Crippen molar-refractivity contribution in [1.82, 2.24) is 20.1 Å². The molecule has 0 aliphatic rings. The average Bonchev–Trinajstić information content (AvgIpc) is 3.03. The summed E-state index contributed by atoms with van der Waals surface area (Å²) in [6.07, 6.45) is 0. The van der Waals surface area contributed by atoms with Crippen LogP contribution in [-0.4, -0.2) is 20.7 Å². The number of hydrogen-bond donors (Lipinski definition) is 2. The monoisotopic (exact) mass is 314 g/mol. The molecule has 0 aromatic carbocycles. The first-order valence-corrected chi connectivity index (χ1v) is 7.30. The number of fused-ring (bicyclic) bond motifs is 1. The normalized spacial score (nSPS) is 12.5. The number of pyridine rings is 1. The number of nitrogens with zero attached hydrogens (tertiary/aromatic N) is 2. The molecule has 0 aliphatic carbocycles. The fourth-order valence-electron chi connectivity index (χ4n) is 2.60. The third-order valence-electron chi connectivity index (χ3n) is 3.72.